The molecule has 10 heteroatoms. The van der Waals surface area contributed by atoms with Crippen LogP contribution in [-0.4, -0.2) is 26.6 Å². The summed E-state index contributed by atoms with van der Waals surface area (Å²) in [5.41, 5.74) is 4.58. The Balaban J connectivity index is 2.19. The number of halogens is 3. The number of anilines is 2. The number of carbonyl (C=O) groups is 1. The van der Waals surface area contributed by atoms with Gasteiger partial charge in [-0.15, -0.1) is 0 Å². The lowest BCUT2D eigenvalue weighted by Crippen LogP contribution is -2.08. The van der Waals surface area contributed by atoms with Crippen molar-refractivity contribution in [2.75, 3.05) is 11.1 Å². The molecule has 0 atom stereocenters. The SMILES string of the molecule is Nc1nc(-c2cn[nH]c2C(F)(F)F)cc2cc(NC=O)ncc12. The third-order valence-corrected chi connectivity index (χ3v) is 3.15. The van der Waals surface area contributed by atoms with E-state index < -0.39 is 11.9 Å². The normalized spacial score (nSPS) is 11.6. The molecular formula is C13H9F3N6O. The van der Waals surface area contributed by atoms with Gasteiger partial charge >= 0.3 is 6.18 Å². The molecule has 23 heavy (non-hydrogen) atoms. The minimum Gasteiger partial charge on any atom is -0.383 e. The van der Waals surface area contributed by atoms with Crippen molar-refractivity contribution >= 4 is 28.8 Å². The van der Waals surface area contributed by atoms with Crippen LogP contribution in [0.2, 0.25) is 0 Å². The van der Waals surface area contributed by atoms with E-state index in [1.54, 1.807) is 0 Å². The van der Waals surface area contributed by atoms with Gasteiger partial charge in [0.2, 0.25) is 6.41 Å². The van der Waals surface area contributed by atoms with Crippen LogP contribution >= 0.6 is 0 Å². The van der Waals surface area contributed by atoms with Gasteiger partial charge in [0.1, 0.15) is 17.3 Å². The highest BCUT2D eigenvalue weighted by atomic mass is 19.4. The first-order valence-corrected chi connectivity index (χ1v) is 6.27. The molecule has 0 aromatic carbocycles. The van der Waals surface area contributed by atoms with Gasteiger partial charge < -0.3 is 11.1 Å². The molecule has 0 aliphatic rings. The van der Waals surface area contributed by atoms with Crippen LogP contribution in [0.15, 0.2) is 24.5 Å². The Morgan fingerprint density at radius 1 is 1.26 bits per heavy atom. The first-order valence-electron chi connectivity index (χ1n) is 6.27. The molecule has 3 rings (SSSR count). The summed E-state index contributed by atoms with van der Waals surface area (Å²) < 4.78 is 38.9. The first-order chi connectivity index (χ1) is 10.9. The van der Waals surface area contributed by atoms with Gasteiger partial charge in [0.05, 0.1) is 17.5 Å². The van der Waals surface area contributed by atoms with E-state index in [9.17, 15) is 18.0 Å². The topological polar surface area (TPSA) is 110 Å². The van der Waals surface area contributed by atoms with Crippen molar-refractivity contribution in [2.24, 2.45) is 0 Å². The van der Waals surface area contributed by atoms with Gasteiger partial charge in [-0.25, -0.2) is 9.97 Å². The molecule has 4 N–H and O–H groups in total. The molecule has 0 radical (unpaired) electrons. The number of aromatic nitrogens is 4. The zero-order valence-corrected chi connectivity index (χ0v) is 11.3. The Kier molecular flexibility index (Phi) is 3.36. The number of fused-ring (bicyclic) bond motifs is 1. The number of nitrogens with zero attached hydrogens (tertiary/aromatic N) is 3. The molecule has 0 fully saturated rings. The van der Waals surface area contributed by atoms with Gasteiger partial charge in [-0.1, -0.05) is 0 Å². The fourth-order valence-corrected chi connectivity index (χ4v) is 2.15. The zero-order valence-electron chi connectivity index (χ0n) is 11.3. The molecule has 1 amide bonds. The molecule has 0 spiro atoms. The van der Waals surface area contributed by atoms with E-state index in [-0.39, 0.29) is 22.9 Å². The molecule has 3 aromatic rings. The Labute approximate surface area is 126 Å². The monoisotopic (exact) mass is 322 g/mol. The summed E-state index contributed by atoms with van der Waals surface area (Å²) in [6.45, 7) is 0. The number of nitrogens with one attached hydrogen (secondary N) is 2. The quantitative estimate of drug-likeness (QED) is 0.640. The number of aromatic amines is 1. The Hall–Kier alpha value is -3.17. The van der Waals surface area contributed by atoms with Gasteiger partial charge in [0.25, 0.3) is 0 Å². The smallest absolute Gasteiger partial charge is 0.383 e. The highest BCUT2D eigenvalue weighted by molar-refractivity contribution is 5.95. The predicted octanol–water partition coefficient (Wildman–Crippen LogP) is 2.19. The second-order valence-electron chi connectivity index (χ2n) is 4.60. The lowest BCUT2D eigenvalue weighted by Gasteiger charge is -2.09. The van der Waals surface area contributed by atoms with Gasteiger partial charge in [-0.05, 0) is 17.5 Å². The molecule has 0 saturated carbocycles. The standard InChI is InChI=1S/C13H9F3N6O/c14-13(15,16)11-8(4-20-22-11)9-1-6-2-10(19-5-23)18-3-7(6)12(17)21-9/h1-5H,(H2,17,21)(H,20,22)(H,18,19,23). The Bertz CT molecular complexity index is 889. The molecule has 0 aliphatic heterocycles. The summed E-state index contributed by atoms with van der Waals surface area (Å²) in [5.74, 6) is 0.268. The third kappa shape index (κ3) is 2.65. The Morgan fingerprint density at radius 2 is 2.04 bits per heavy atom. The lowest BCUT2D eigenvalue weighted by atomic mass is 10.1. The third-order valence-electron chi connectivity index (χ3n) is 3.15. The van der Waals surface area contributed by atoms with E-state index in [0.29, 0.717) is 17.2 Å². The summed E-state index contributed by atoms with van der Waals surface area (Å²) in [5, 5.41) is 8.65. The minimum absolute atomic E-state index is 0.0133. The second kappa shape index (κ2) is 5.23. The van der Waals surface area contributed by atoms with Crippen LogP contribution in [0.3, 0.4) is 0 Å². The lowest BCUT2D eigenvalue weighted by molar-refractivity contribution is -0.140. The van der Waals surface area contributed by atoms with Crippen molar-refractivity contribution in [3.8, 4) is 11.3 Å². The summed E-state index contributed by atoms with van der Waals surface area (Å²) in [6, 6.07) is 2.90. The van der Waals surface area contributed by atoms with Gasteiger partial charge in [0, 0.05) is 11.6 Å². The van der Waals surface area contributed by atoms with Crippen LogP contribution in [0.4, 0.5) is 24.8 Å². The van der Waals surface area contributed by atoms with Crippen LogP contribution in [0, 0.1) is 0 Å². The fraction of sp³-hybridized carbons (Fsp3) is 0.0769. The zero-order chi connectivity index (χ0) is 16.6. The molecule has 0 unspecified atom stereocenters. The van der Waals surface area contributed by atoms with Crippen LogP contribution in [0.1, 0.15) is 5.69 Å². The predicted molar refractivity (Wildman–Crippen MR) is 76.2 cm³/mol. The highest BCUT2D eigenvalue weighted by Crippen LogP contribution is 2.36. The van der Waals surface area contributed by atoms with E-state index in [2.05, 4.69) is 20.4 Å². The molecular weight excluding hydrogens is 313 g/mol. The van der Waals surface area contributed by atoms with E-state index in [1.807, 2.05) is 5.10 Å². The van der Waals surface area contributed by atoms with Crippen LogP contribution < -0.4 is 11.1 Å². The number of hydrogen-bond donors (Lipinski definition) is 3. The Morgan fingerprint density at radius 3 is 2.74 bits per heavy atom. The van der Waals surface area contributed by atoms with Crippen molar-refractivity contribution in [3.63, 3.8) is 0 Å². The molecule has 7 nitrogen and oxygen atoms in total. The number of hydrogen-bond acceptors (Lipinski definition) is 5. The van der Waals surface area contributed by atoms with Crippen molar-refractivity contribution in [1.82, 2.24) is 20.2 Å². The molecule has 0 saturated heterocycles. The summed E-state index contributed by atoms with van der Waals surface area (Å²) in [4.78, 5) is 18.4. The van der Waals surface area contributed by atoms with Crippen molar-refractivity contribution in [1.29, 1.82) is 0 Å². The number of rotatable bonds is 3. The minimum atomic E-state index is -4.60. The van der Waals surface area contributed by atoms with Gasteiger partial charge in [-0.3, -0.25) is 9.89 Å². The van der Waals surface area contributed by atoms with Gasteiger partial charge in [0.15, 0.2) is 0 Å². The number of nitrogen functional groups attached to an aromatic ring is 1. The van der Waals surface area contributed by atoms with Crippen LogP contribution in [0.5, 0.6) is 0 Å². The molecule has 118 valence electrons. The van der Waals surface area contributed by atoms with Crippen LogP contribution in [0.25, 0.3) is 22.0 Å². The maximum atomic E-state index is 13.0. The van der Waals surface area contributed by atoms with E-state index >= 15 is 0 Å². The average Bonchev–Trinajstić information content (AvgIpc) is 2.96. The number of nitrogens with two attached hydrogens (primary N) is 1. The van der Waals surface area contributed by atoms with Crippen molar-refractivity contribution in [3.05, 3.63) is 30.2 Å². The average molecular weight is 322 g/mol. The fourth-order valence-electron chi connectivity index (χ4n) is 2.15. The van der Waals surface area contributed by atoms with E-state index in [1.165, 1.54) is 18.3 Å². The van der Waals surface area contributed by atoms with E-state index in [4.69, 9.17) is 5.73 Å². The molecule has 0 aliphatic carbocycles. The summed E-state index contributed by atoms with van der Waals surface area (Å²) in [6.07, 6.45) is -1.74. The number of alkyl halides is 3. The largest absolute Gasteiger partial charge is 0.433 e. The number of H-pyrrole nitrogens is 1. The second-order valence-corrected chi connectivity index (χ2v) is 4.60. The molecule has 0 bridgehead atoms. The summed E-state index contributed by atoms with van der Waals surface area (Å²) >= 11 is 0. The summed E-state index contributed by atoms with van der Waals surface area (Å²) in [7, 11) is 0. The maximum absolute atomic E-state index is 13.0. The van der Waals surface area contributed by atoms with E-state index in [0.717, 1.165) is 6.20 Å². The van der Waals surface area contributed by atoms with Crippen molar-refractivity contribution in [2.45, 2.75) is 6.18 Å². The first kappa shape index (κ1) is 14.8. The molecule has 3 heterocycles. The highest BCUT2D eigenvalue weighted by Gasteiger charge is 2.36. The van der Waals surface area contributed by atoms with Gasteiger partial charge in [-0.2, -0.15) is 18.3 Å². The molecule has 3 aromatic heterocycles. The van der Waals surface area contributed by atoms with Crippen LogP contribution in [-0.2, 0) is 11.0 Å². The number of carbonyl (C=O) groups excluding carboxylic acids is 1. The van der Waals surface area contributed by atoms with Crippen molar-refractivity contribution < 1.29 is 18.0 Å². The number of pyridine rings is 2. The maximum Gasteiger partial charge on any atom is 0.433 e. The number of amides is 1.